The summed E-state index contributed by atoms with van der Waals surface area (Å²) in [6.45, 7) is 6.50. The summed E-state index contributed by atoms with van der Waals surface area (Å²) in [5.74, 6) is 2.53. The zero-order chi connectivity index (χ0) is 7.11. The fraction of sp³-hybridized carbons (Fsp3) is 0.750. The van der Waals surface area contributed by atoms with Crippen LogP contribution in [-0.4, -0.2) is 11.5 Å². The van der Waals surface area contributed by atoms with E-state index in [-0.39, 0.29) is 0 Å². The zero-order valence-corrected chi connectivity index (χ0v) is 7.42. The van der Waals surface area contributed by atoms with Crippen LogP contribution in [0.1, 0.15) is 27.2 Å². The number of allylic oxidation sites excluding steroid dienone is 2. The van der Waals surface area contributed by atoms with Gasteiger partial charge < -0.3 is 0 Å². The van der Waals surface area contributed by atoms with Crippen molar-refractivity contribution in [1.29, 1.82) is 0 Å². The maximum atomic E-state index is 2.20. The molecule has 0 saturated heterocycles. The zero-order valence-electron chi connectivity index (χ0n) is 6.61. The summed E-state index contributed by atoms with van der Waals surface area (Å²) in [7, 11) is 0. The molecule has 0 radical (unpaired) electrons. The first-order chi connectivity index (χ1) is 4.31. The summed E-state index contributed by atoms with van der Waals surface area (Å²) in [4.78, 5) is 0. The Hall–Kier alpha value is 0.0900. The molecule has 0 heterocycles. The average molecular weight is 144 g/mol. The lowest BCUT2D eigenvalue weighted by Crippen LogP contribution is -1.81. The van der Waals surface area contributed by atoms with Crippen LogP contribution in [0, 0.1) is 0 Å². The maximum Gasteiger partial charge on any atom is -0.00304 e. The van der Waals surface area contributed by atoms with Gasteiger partial charge in [0.2, 0.25) is 0 Å². The Balaban J connectivity index is 3.07. The Morgan fingerprint density at radius 3 is 2.67 bits per heavy atom. The van der Waals surface area contributed by atoms with Gasteiger partial charge in [0.1, 0.15) is 0 Å². The molecule has 0 atom stereocenters. The number of hydrogen-bond donors (Lipinski definition) is 0. The summed E-state index contributed by atoms with van der Waals surface area (Å²) in [6, 6.07) is 0. The minimum absolute atomic E-state index is 1.25. The van der Waals surface area contributed by atoms with E-state index in [1.54, 1.807) is 0 Å². The molecule has 1 heteroatoms. The molecule has 0 nitrogen and oxygen atoms in total. The molecule has 0 aromatic carbocycles. The molecule has 0 N–H and O–H groups in total. The monoisotopic (exact) mass is 144 g/mol. The van der Waals surface area contributed by atoms with E-state index in [9.17, 15) is 0 Å². The molecular formula is C8H16S. The number of hydrogen-bond acceptors (Lipinski definition) is 1. The van der Waals surface area contributed by atoms with Crippen molar-refractivity contribution in [3.63, 3.8) is 0 Å². The smallest absolute Gasteiger partial charge is 0.00304 e. The third-order valence-corrected chi connectivity index (χ3v) is 2.24. The predicted octanol–water partition coefficient (Wildman–Crippen LogP) is 3.10. The first kappa shape index (κ1) is 9.09. The molecule has 0 unspecified atom stereocenters. The summed E-state index contributed by atoms with van der Waals surface area (Å²) < 4.78 is 0. The van der Waals surface area contributed by atoms with Crippen LogP contribution < -0.4 is 0 Å². The Morgan fingerprint density at radius 2 is 2.22 bits per heavy atom. The fourth-order valence-corrected chi connectivity index (χ4v) is 1.28. The van der Waals surface area contributed by atoms with Gasteiger partial charge in [0.15, 0.2) is 0 Å². The molecule has 9 heavy (non-hydrogen) atoms. The molecule has 0 saturated carbocycles. The standard InChI is InChI=1S/C8H16S/c1-4-8(3)6-7-9-5-2/h4H,5-7H2,1-3H3/b8-4+. The van der Waals surface area contributed by atoms with Crippen molar-refractivity contribution in [2.24, 2.45) is 0 Å². The first-order valence-corrected chi connectivity index (χ1v) is 4.66. The molecule has 0 fully saturated rings. The quantitative estimate of drug-likeness (QED) is 0.431. The molecule has 0 aromatic heterocycles. The van der Waals surface area contributed by atoms with E-state index in [1.165, 1.54) is 23.5 Å². The second kappa shape index (κ2) is 6.21. The van der Waals surface area contributed by atoms with E-state index < -0.39 is 0 Å². The van der Waals surface area contributed by atoms with Crippen molar-refractivity contribution in [3.05, 3.63) is 11.6 Å². The highest BCUT2D eigenvalue weighted by Gasteiger charge is 1.86. The Labute approximate surface area is 62.7 Å². The van der Waals surface area contributed by atoms with E-state index in [4.69, 9.17) is 0 Å². The summed E-state index contributed by atoms with van der Waals surface area (Å²) in [5.41, 5.74) is 1.51. The SMILES string of the molecule is C/C=C(\C)CCSCC. The lowest BCUT2D eigenvalue weighted by molar-refractivity contribution is 1.11. The van der Waals surface area contributed by atoms with Crippen LogP contribution in [0.2, 0.25) is 0 Å². The molecule has 0 aromatic rings. The third kappa shape index (κ3) is 5.97. The Kier molecular flexibility index (Phi) is 6.28. The molecule has 0 bridgehead atoms. The van der Waals surface area contributed by atoms with Gasteiger partial charge in [-0.15, -0.1) is 0 Å². The Morgan fingerprint density at radius 1 is 1.56 bits per heavy atom. The largest absolute Gasteiger partial charge is 0.162 e. The van der Waals surface area contributed by atoms with Crippen molar-refractivity contribution < 1.29 is 0 Å². The molecule has 0 spiro atoms. The molecule has 0 rings (SSSR count). The van der Waals surface area contributed by atoms with Crippen molar-refractivity contribution in [2.45, 2.75) is 27.2 Å². The van der Waals surface area contributed by atoms with Gasteiger partial charge in [-0.3, -0.25) is 0 Å². The lowest BCUT2D eigenvalue weighted by Gasteiger charge is -1.97. The van der Waals surface area contributed by atoms with E-state index in [0.29, 0.717) is 0 Å². The fourth-order valence-electron chi connectivity index (χ4n) is 0.522. The summed E-state index contributed by atoms with van der Waals surface area (Å²) in [5, 5.41) is 0. The molecule has 0 aliphatic carbocycles. The highest BCUT2D eigenvalue weighted by Crippen LogP contribution is 2.06. The lowest BCUT2D eigenvalue weighted by atomic mass is 10.2. The molecule has 0 aliphatic rings. The van der Waals surface area contributed by atoms with Crippen molar-refractivity contribution in [3.8, 4) is 0 Å². The van der Waals surface area contributed by atoms with Crippen molar-refractivity contribution in [2.75, 3.05) is 11.5 Å². The van der Waals surface area contributed by atoms with Crippen LogP contribution in [0.4, 0.5) is 0 Å². The van der Waals surface area contributed by atoms with Crippen LogP contribution in [0.3, 0.4) is 0 Å². The predicted molar refractivity (Wildman–Crippen MR) is 47.0 cm³/mol. The van der Waals surface area contributed by atoms with E-state index >= 15 is 0 Å². The van der Waals surface area contributed by atoms with E-state index in [2.05, 4.69) is 26.8 Å². The van der Waals surface area contributed by atoms with E-state index in [0.717, 1.165) is 0 Å². The van der Waals surface area contributed by atoms with Crippen molar-refractivity contribution in [1.82, 2.24) is 0 Å². The minimum atomic E-state index is 1.25. The van der Waals surface area contributed by atoms with E-state index in [1.807, 2.05) is 11.8 Å². The van der Waals surface area contributed by atoms with Gasteiger partial charge in [-0.2, -0.15) is 11.8 Å². The van der Waals surface area contributed by atoms with Crippen LogP contribution in [0.15, 0.2) is 11.6 Å². The Bertz CT molecular complexity index is 84.6. The van der Waals surface area contributed by atoms with Crippen LogP contribution in [0.5, 0.6) is 0 Å². The van der Waals surface area contributed by atoms with Crippen LogP contribution in [0.25, 0.3) is 0 Å². The van der Waals surface area contributed by atoms with Gasteiger partial charge >= 0.3 is 0 Å². The van der Waals surface area contributed by atoms with Gasteiger partial charge in [0.25, 0.3) is 0 Å². The summed E-state index contributed by atoms with van der Waals surface area (Å²) in [6.07, 6.45) is 3.45. The van der Waals surface area contributed by atoms with Crippen LogP contribution >= 0.6 is 11.8 Å². The molecule has 54 valence electrons. The highest BCUT2D eigenvalue weighted by atomic mass is 32.2. The van der Waals surface area contributed by atoms with Gasteiger partial charge in [-0.1, -0.05) is 18.6 Å². The minimum Gasteiger partial charge on any atom is -0.162 e. The molecule has 0 aliphatic heterocycles. The molecule has 0 amide bonds. The second-order valence-electron chi connectivity index (χ2n) is 2.08. The topological polar surface area (TPSA) is 0 Å². The highest BCUT2D eigenvalue weighted by molar-refractivity contribution is 7.99. The van der Waals surface area contributed by atoms with Crippen LogP contribution in [-0.2, 0) is 0 Å². The van der Waals surface area contributed by atoms with Gasteiger partial charge in [0.05, 0.1) is 0 Å². The third-order valence-electron chi connectivity index (χ3n) is 1.34. The normalized spacial score (nSPS) is 12.1. The summed E-state index contributed by atoms with van der Waals surface area (Å²) >= 11 is 2.01. The van der Waals surface area contributed by atoms with Gasteiger partial charge in [-0.25, -0.2) is 0 Å². The maximum absolute atomic E-state index is 2.20. The number of thioether (sulfide) groups is 1. The van der Waals surface area contributed by atoms with Gasteiger partial charge in [0, 0.05) is 0 Å². The van der Waals surface area contributed by atoms with Gasteiger partial charge in [-0.05, 0) is 31.8 Å². The number of rotatable bonds is 4. The first-order valence-electron chi connectivity index (χ1n) is 3.50. The second-order valence-corrected chi connectivity index (χ2v) is 3.48. The average Bonchev–Trinajstić information content (AvgIpc) is 1.89. The molecular weight excluding hydrogens is 128 g/mol. The van der Waals surface area contributed by atoms with Crippen molar-refractivity contribution >= 4 is 11.8 Å².